The summed E-state index contributed by atoms with van der Waals surface area (Å²) in [6, 6.07) is 6.03. The van der Waals surface area contributed by atoms with Gasteiger partial charge in [0.1, 0.15) is 0 Å². The highest BCUT2D eigenvalue weighted by Crippen LogP contribution is 2.24. The number of benzene rings is 1. The Bertz CT molecular complexity index is 406. The third-order valence-corrected chi connectivity index (χ3v) is 3.26. The maximum Gasteiger partial charge on any atom is 0.240 e. The molecule has 1 N–H and O–H groups in total. The first kappa shape index (κ1) is 11.6. The Morgan fingerprint density at radius 1 is 1.44 bits per heavy atom. The molecule has 0 aliphatic carbocycles. The molecule has 1 aliphatic heterocycles. The zero-order valence-corrected chi connectivity index (χ0v) is 10.9. The fourth-order valence-corrected chi connectivity index (χ4v) is 2.43. The summed E-state index contributed by atoms with van der Waals surface area (Å²) in [7, 11) is 0. The zero-order valence-electron chi connectivity index (χ0n) is 9.29. The molecule has 1 aliphatic rings. The lowest BCUT2D eigenvalue weighted by Crippen LogP contribution is -2.35. The van der Waals surface area contributed by atoms with E-state index in [1.165, 1.54) is 0 Å². The number of hydrogen-bond donors (Lipinski definition) is 1. The van der Waals surface area contributed by atoms with E-state index in [0.717, 1.165) is 35.2 Å². The number of rotatable bonds is 1. The van der Waals surface area contributed by atoms with E-state index in [-0.39, 0.29) is 5.91 Å². The maximum absolute atomic E-state index is 11.9. The van der Waals surface area contributed by atoms with E-state index in [4.69, 9.17) is 0 Å². The summed E-state index contributed by atoms with van der Waals surface area (Å²) >= 11 is 3.44. The van der Waals surface area contributed by atoms with Gasteiger partial charge >= 0.3 is 0 Å². The summed E-state index contributed by atoms with van der Waals surface area (Å²) in [5, 5.41) is 3.13. The van der Waals surface area contributed by atoms with Crippen molar-refractivity contribution in [1.29, 1.82) is 0 Å². The number of aryl methyl sites for hydroxylation is 1. The maximum atomic E-state index is 11.9. The molecule has 86 valence electrons. The van der Waals surface area contributed by atoms with Crippen LogP contribution in [-0.4, -0.2) is 25.5 Å². The average Bonchev–Trinajstić information content (AvgIpc) is 2.44. The Morgan fingerprint density at radius 3 is 3.00 bits per heavy atom. The molecule has 1 aromatic rings. The van der Waals surface area contributed by atoms with Crippen LogP contribution in [-0.2, 0) is 4.79 Å². The molecule has 16 heavy (non-hydrogen) atoms. The molecule has 1 fully saturated rings. The predicted octanol–water partition coefficient (Wildman–Crippen LogP) is 2.08. The molecule has 0 saturated carbocycles. The predicted molar refractivity (Wildman–Crippen MR) is 68.7 cm³/mol. The number of nitrogens with one attached hydrogen (secondary N) is 1. The molecule has 1 aromatic carbocycles. The first-order valence-electron chi connectivity index (χ1n) is 5.46. The van der Waals surface area contributed by atoms with Crippen LogP contribution in [0.1, 0.15) is 12.0 Å². The number of halogens is 1. The molecular formula is C12H15BrN2O. The van der Waals surface area contributed by atoms with Crippen LogP contribution in [0.2, 0.25) is 0 Å². The van der Waals surface area contributed by atoms with Gasteiger partial charge in [-0.1, -0.05) is 15.9 Å². The Hall–Kier alpha value is -0.870. The Balaban J connectivity index is 2.30. The van der Waals surface area contributed by atoms with E-state index in [1.54, 1.807) is 0 Å². The quantitative estimate of drug-likeness (QED) is 0.856. The van der Waals surface area contributed by atoms with Gasteiger partial charge in [-0.15, -0.1) is 0 Å². The van der Waals surface area contributed by atoms with Crippen molar-refractivity contribution < 1.29 is 4.79 Å². The van der Waals surface area contributed by atoms with Gasteiger partial charge in [-0.25, -0.2) is 0 Å². The number of anilines is 1. The van der Waals surface area contributed by atoms with Crippen LogP contribution in [0.25, 0.3) is 0 Å². The van der Waals surface area contributed by atoms with Gasteiger partial charge in [-0.05, 0) is 43.7 Å². The van der Waals surface area contributed by atoms with Gasteiger partial charge < -0.3 is 10.2 Å². The van der Waals surface area contributed by atoms with Gasteiger partial charge in [-0.2, -0.15) is 0 Å². The van der Waals surface area contributed by atoms with Crippen LogP contribution in [0.4, 0.5) is 5.69 Å². The number of carbonyl (C=O) groups is 1. The van der Waals surface area contributed by atoms with Crippen LogP contribution in [0.5, 0.6) is 0 Å². The Kier molecular flexibility index (Phi) is 3.61. The van der Waals surface area contributed by atoms with E-state index in [1.807, 2.05) is 30.0 Å². The lowest BCUT2D eigenvalue weighted by molar-refractivity contribution is -0.117. The molecule has 1 saturated heterocycles. The number of amides is 1. The summed E-state index contributed by atoms with van der Waals surface area (Å²) in [6.07, 6.45) is 1.00. The molecule has 1 heterocycles. The first-order chi connectivity index (χ1) is 7.68. The number of carbonyl (C=O) groups excluding carboxylic acids is 1. The second kappa shape index (κ2) is 4.97. The SMILES string of the molecule is Cc1cc(Br)ccc1N1CCCNCC1=O. The highest BCUT2D eigenvalue weighted by Gasteiger charge is 2.19. The largest absolute Gasteiger partial charge is 0.311 e. The minimum atomic E-state index is 0.155. The van der Waals surface area contributed by atoms with Crippen LogP contribution in [0, 0.1) is 6.92 Å². The summed E-state index contributed by atoms with van der Waals surface area (Å²) in [6.45, 7) is 4.19. The van der Waals surface area contributed by atoms with Crippen LogP contribution >= 0.6 is 15.9 Å². The van der Waals surface area contributed by atoms with E-state index >= 15 is 0 Å². The van der Waals surface area contributed by atoms with E-state index < -0.39 is 0 Å². The molecule has 2 rings (SSSR count). The molecule has 3 nitrogen and oxygen atoms in total. The third-order valence-electron chi connectivity index (χ3n) is 2.76. The minimum Gasteiger partial charge on any atom is -0.311 e. The molecule has 0 spiro atoms. The first-order valence-corrected chi connectivity index (χ1v) is 6.25. The highest BCUT2D eigenvalue weighted by atomic mass is 79.9. The molecule has 0 unspecified atom stereocenters. The lowest BCUT2D eigenvalue weighted by atomic mass is 10.1. The molecule has 0 atom stereocenters. The number of hydrogen-bond acceptors (Lipinski definition) is 2. The van der Waals surface area contributed by atoms with Gasteiger partial charge in [0, 0.05) is 16.7 Å². The van der Waals surface area contributed by atoms with E-state index in [9.17, 15) is 4.79 Å². The summed E-state index contributed by atoms with van der Waals surface area (Å²) in [4.78, 5) is 13.8. The fraction of sp³-hybridized carbons (Fsp3) is 0.417. The second-order valence-corrected chi connectivity index (χ2v) is 4.92. The van der Waals surface area contributed by atoms with E-state index in [2.05, 4.69) is 21.2 Å². The van der Waals surface area contributed by atoms with Crippen molar-refractivity contribution in [2.24, 2.45) is 0 Å². The minimum absolute atomic E-state index is 0.155. The van der Waals surface area contributed by atoms with E-state index in [0.29, 0.717) is 6.54 Å². The summed E-state index contributed by atoms with van der Waals surface area (Å²) in [5.74, 6) is 0.155. The van der Waals surface area contributed by atoms with Crippen molar-refractivity contribution >= 4 is 27.5 Å². The molecule has 1 amide bonds. The van der Waals surface area contributed by atoms with Crippen molar-refractivity contribution in [2.45, 2.75) is 13.3 Å². The Labute approximate surface area is 104 Å². The lowest BCUT2D eigenvalue weighted by Gasteiger charge is -2.22. The van der Waals surface area contributed by atoms with Crippen LogP contribution in [0.15, 0.2) is 22.7 Å². The summed E-state index contributed by atoms with van der Waals surface area (Å²) < 4.78 is 1.05. The molecule has 4 heteroatoms. The van der Waals surface area contributed by atoms with Crippen LogP contribution < -0.4 is 10.2 Å². The standard InChI is InChI=1S/C12H15BrN2O/c1-9-7-10(13)3-4-11(9)15-6-2-5-14-8-12(15)16/h3-4,7,14H,2,5-6,8H2,1H3. The topological polar surface area (TPSA) is 32.3 Å². The third kappa shape index (κ3) is 2.44. The smallest absolute Gasteiger partial charge is 0.240 e. The zero-order chi connectivity index (χ0) is 11.5. The van der Waals surface area contributed by atoms with Gasteiger partial charge in [0.05, 0.1) is 6.54 Å². The fourth-order valence-electron chi connectivity index (χ4n) is 1.95. The monoisotopic (exact) mass is 282 g/mol. The van der Waals surface area contributed by atoms with Gasteiger partial charge in [0.25, 0.3) is 0 Å². The molecule has 0 radical (unpaired) electrons. The van der Waals surface area contributed by atoms with Gasteiger partial charge in [-0.3, -0.25) is 4.79 Å². The van der Waals surface area contributed by atoms with Crippen molar-refractivity contribution in [1.82, 2.24) is 5.32 Å². The van der Waals surface area contributed by atoms with Crippen molar-refractivity contribution in [3.8, 4) is 0 Å². The van der Waals surface area contributed by atoms with Crippen molar-refractivity contribution in [3.05, 3.63) is 28.2 Å². The Morgan fingerprint density at radius 2 is 2.25 bits per heavy atom. The normalized spacial score (nSPS) is 17.4. The van der Waals surface area contributed by atoms with Crippen LogP contribution in [0.3, 0.4) is 0 Å². The molecule has 0 aromatic heterocycles. The number of nitrogens with zero attached hydrogens (tertiary/aromatic N) is 1. The summed E-state index contributed by atoms with van der Waals surface area (Å²) in [5.41, 5.74) is 2.15. The second-order valence-electron chi connectivity index (χ2n) is 4.01. The van der Waals surface area contributed by atoms with Gasteiger partial charge in [0.2, 0.25) is 5.91 Å². The average molecular weight is 283 g/mol. The molecule has 0 bridgehead atoms. The highest BCUT2D eigenvalue weighted by molar-refractivity contribution is 9.10. The van der Waals surface area contributed by atoms with Crippen molar-refractivity contribution in [2.75, 3.05) is 24.5 Å². The van der Waals surface area contributed by atoms with Gasteiger partial charge in [0.15, 0.2) is 0 Å². The molecular weight excluding hydrogens is 268 g/mol. The van der Waals surface area contributed by atoms with Crippen molar-refractivity contribution in [3.63, 3.8) is 0 Å².